The Morgan fingerprint density at radius 3 is 2.73 bits per heavy atom. The van der Waals surface area contributed by atoms with E-state index in [9.17, 15) is 0 Å². The van der Waals surface area contributed by atoms with E-state index in [2.05, 4.69) is 24.1 Å². The highest BCUT2D eigenvalue weighted by Gasteiger charge is 2.30. The van der Waals surface area contributed by atoms with Crippen LogP contribution in [0.5, 0.6) is 5.75 Å². The summed E-state index contributed by atoms with van der Waals surface area (Å²) in [5.74, 6) is 1.20. The maximum absolute atomic E-state index is 9.12. The number of hydrogen-bond donors (Lipinski definition) is 0. The minimum absolute atomic E-state index is 0.146. The Labute approximate surface area is 131 Å². The van der Waals surface area contributed by atoms with Gasteiger partial charge >= 0.3 is 0 Å². The van der Waals surface area contributed by atoms with Crippen molar-refractivity contribution < 1.29 is 4.74 Å². The number of benzene rings is 2. The highest BCUT2D eigenvalue weighted by Crippen LogP contribution is 2.30. The van der Waals surface area contributed by atoms with Gasteiger partial charge in [-0.1, -0.05) is 30.3 Å². The third-order valence-electron chi connectivity index (χ3n) is 4.23. The van der Waals surface area contributed by atoms with E-state index in [0.29, 0.717) is 5.56 Å². The van der Waals surface area contributed by atoms with Crippen LogP contribution in [0.4, 0.5) is 0 Å². The van der Waals surface area contributed by atoms with Crippen LogP contribution in [0.1, 0.15) is 23.5 Å². The average Bonchev–Trinajstić information content (AvgIpc) is 2.57. The van der Waals surface area contributed by atoms with Crippen molar-refractivity contribution in [3.8, 4) is 11.8 Å². The molecule has 3 heteroatoms. The van der Waals surface area contributed by atoms with Crippen molar-refractivity contribution in [2.24, 2.45) is 0 Å². The third-order valence-corrected chi connectivity index (χ3v) is 4.23. The SMILES string of the molecule is CN1CC[C@@H](Oc2ccccc2)[C@@H](c2cccc(C#N)c2)C1. The van der Waals surface area contributed by atoms with Crippen LogP contribution >= 0.6 is 0 Å². The zero-order valence-corrected chi connectivity index (χ0v) is 12.8. The third kappa shape index (κ3) is 3.29. The van der Waals surface area contributed by atoms with E-state index < -0.39 is 0 Å². The maximum atomic E-state index is 9.12. The quantitative estimate of drug-likeness (QED) is 0.869. The molecule has 2 aromatic rings. The van der Waals surface area contributed by atoms with Gasteiger partial charge in [0.05, 0.1) is 11.6 Å². The highest BCUT2D eigenvalue weighted by atomic mass is 16.5. The number of nitriles is 1. The van der Waals surface area contributed by atoms with Gasteiger partial charge in [0.1, 0.15) is 11.9 Å². The molecule has 0 aromatic heterocycles. The first-order valence-electron chi connectivity index (χ1n) is 7.66. The normalized spacial score (nSPS) is 22.0. The summed E-state index contributed by atoms with van der Waals surface area (Å²) in [6.07, 6.45) is 1.14. The topological polar surface area (TPSA) is 36.3 Å². The Morgan fingerprint density at radius 1 is 1.14 bits per heavy atom. The Bertz CT molecular complexity index is 663. The first-order valence-corrected chi connectivity index (χ1v) is 7.66. The lowest BCUT2D eigenvalue weighted by molar-refractivity contribution is 0.0902. The monoisotopic (exact) mass is 292 g/mol. The van der Waals surface area contributed by atoms with E-state index in [-0.39, 0.29) is 12.0 Å². The Morgan fingerprint density at radius 2 is 1.95 bits per heavy atom. The lowest BCUT2D eigenvalue weighted by Gasteiger charge is -2.37. The molecule has 0 amide bonds. The molecule has 1 heterocycles. The first kappa shape index (κ1) is 14.6. The summed E-state index contributed by atoms with van der Waals surface area (Å²) < 4.78 is 6.23. The molecule has 1 fully saturated rings. The van der Waals surface area contributed by atoms with E-state index in [1.54, 1.807) is 0 Å². The number of likely N-dealkylation sites (N-methyl/N-ethyl adjacent to an activating group) is 1. The second kappa shape index (κ2) is 6.64. The largest absolute Gasteiger partial charge is 0.490 e. The number of hydrogen-bond acceptors (Lipinski definition) is 3. The van der Waals surface area contributed by atoms with Gasteiger partial charge in [-0.05, 0) is 43.3 Å². The van der Waals surface area contributed by atoms with Crippen molar-refractivity contribution in [2.45, 2.75) is 18.4 Å². The molecule has 0 unspecified atom stereocenters. The van der Waals surface area contributed by atoms with Gasteiger partial charge in [-0.25, -0.2) is 0 Å². The van der Waals surface area contributed by atoms with Gasteiger partial charge in [0, 0.05) is 19.0 Å². The first-order chi connectivity index (χ1) is 10.8. The smallest absolute Gasteiger partial charge is 0.119 e. The number of rotatable bonds is 3. The van der Waals surface area contributed by atoms with E-state index >= 15 is 0 Å². The fraction of sp³-hybridized carbons (Fsp3) is 0.316. The van der Waals surface area contributed by atoms with E-state index in [4.69, 9.17) is 10.00 Å². The van der Waals surface area contributed by atoms with Crippen LogP contribution in [0.15, 0.2) is 54.6 Å². The molecule has 3 rings (SSSR count). The van der Waals surface area contributed by atoms with Crippen LogP contribution < -0.4 is 4.74 Å². The van der Waals surface area contributed by atoms with Gasteiger partial charge < -0.3 is 9.64 Å². The molecule has 0 aliphatic carbocycles. The molecule has 0 bridgehead atoms. The standard InChI is InChI=1S/C19H20N2O/c1-21-11-10-19(22-17-8-3-2-4-9-17)18(14-21)16-7-5-6-15(12-16)13-20/h2-9,12,18-19H,10-11,14H2,1H3/t18-,19-/m1/s1. The van der Waals surface area contributed by atoms with Crippen LogP contribution in [0, 0.1) is 11.3 Å². The average molecular weight is 292 g/mol. The second-order valence-electron chi connectivity index (χ2n) is 5.86. The molecular formula is C19H20N2O. The molecule has 0 N–H and O–H groups in total. The molecule has 0 saturated carbocycles. The Kier molecular flexibility index (Phi) is 4.41. The van der Waals surface area contributed by atoms with Gasteiger partial charge in [-0.3, -0.25) is 0 Å². The number of ether oxygens (including phenoxy) is 1. The van der Waals surface area contributed by atoms with Crippen molar-refractivity contribution in [1.29, 1.82) is 5.26 Å². The van der Waals surface area contributed by atoms with Crippen LogP contribution in [0.3, 0.4) is 0 Å². The number of likely N-dealkylation sites (tertiary alicyclic amines) is 1. The summed E-state index contributed by atoms with van der Waals surface area (Å²) in [5.41, 5.74) is 1.90. The fourth-order valence-corrected chi connectivity index (χ4v) is 3.07. The molecule has 2 atom stereocenters. The van der Waals surface area contributed by atoms with E-state index in [0.717, 1.165) is 25.3 Å². The summed E-state index contributed by atoms with van der Waals surface area (Å²) in [4.78, 5) is 2.33. The molecule has 1 saturated heterocycles. The zero-order chi connectivity index (χ0) is 15.4. The molecular weight excluding hydrogens is 272 g/mol. The molecule has 0 spiro atoms. The summed E-state index contributed by atoms with van der Waals surface area (Å²) in [7, 11) is 2.14. The van der Waals surface area contributed by atoms with Gasteiger partial charge in [0.25, 0.3) is 0 Å². The van der Waals surface area contributed by atoms with Crippen molar-refractivity contribution in [3.05, 3.63) is 65.7 Å². The predicted octanol–water partition coefficient (Wildman–Crippen LogP) is 3.42. The Balaban J connectivity index is 1.85. The summed E-state index contributed by atoms with van der Waals surface area (Å²) >= 11 is 0. The van der Waals surface area contributed by atoms with E-state index in [1.165, 1.54) is 5.56 Å². The lowest BCUT2D eigenvalue weighted by atomic mass is 9.87. The summed E-state index contributed by atoms with van der Waals surface area (Å²) in [5, 5.41) is 9.12. The van der Waals surface area contributed by atoms with Crippen LogP contribution in [-0.2, 0) is 0 Å². The van der Waals surface area contributed by atoms with Crippen molar-refractivity contribution in [2.75, 3.05) is 20.1 Å². The fourth-order valence-electron chi connectivity index (χ4n) is 3.07. The number of nitrogens with zero attached hydrogens (tertiary/aromatic N) is 2. The minimum atomic E-state index is 0.146. The number of para-hydroxylation sites is 1. The lowest BCUT2D eigenvalue weighted by Crippen LogP contribution is -2.42. The highest BCUT2D eigenvalue weighted by molar-refractivity contribution is 5.35. The van der Waals surface area contributed by atoms with Crippen molar-refractivity contribution in [3.63, 3.8) is 0 Å². The summed E-state index contributed by atoms with van der Waals surface area (Å²) in [6.45, 7) is 1.98. The molecule has 3 nitrogen and oxygen atoms in total. The van der Waals surface area contributed by atoms with Crippen molar-refractivity contribution >= 4 is 0 Å². The molecule has 112 valence electrons. The van der Waals surface area contributed by atoms with Gasteiger partial charge in [0.15, 0.2) is 0 Å². The van der Waals surface area contributed by atoms with Gasteiger partial charge in [-0.2, -0.15) is 5.26 Å². The van der Waals surface area contributed by atoms with E-state index in [1.807, 2.05) is 48.5 Å². The summed E-state index contributed by atoms with van der Waals surface area (Å²) in [6, 6.07) is 20.1. The molecule has 22 heavy (non-hydrogen) atoms. The van der Waals surface area contributed by atoms with Gasteiger partial charge in [0.2, 0.25) is 0 Å². The predicted molar refractivity (Wildman–Crippen MR) is 86.9 cm³/mol. The van der Waals surface area contributed by atoms with Crippen LogP contribution in [0.25, 0.3) is 0 Å². The molecule has 1 aliphatic rings. The maximum Gasteiger partial charge on any atom is 0.119 e. The second-order valence-corrected chi connectivity index (χ2v) is 5.86. The van der Waals surface area contributed by atoms with Crippen molar-refractivity contribution in [1.82, 2.24) is 4.90 Å². The number of piperidine rings is 1. The minimum Gasteiger partial charge on any atom is -0.490 e. The zero-order valence-electron chi connectivity index (χ0n) is 12.8. The molecule has 1 aliphatic heterocycles. The van der Waals surface area contributed by atoms with Crippen LogP contribution in [0.2, 0.25) is 0 Å². The van der Waals surface area contributed by atoms with Gasteiger partial charge in [-0.15, -0.1) is 0 Å². The molecule has 0 radical (unpaired) electrons. The Hall–Kier alpha value is -2.31. The van der Waals surface area contributed by atoms with Crippen LogP contribution in [-0.4, -0.2) is 31.1 Å². The molecule has 2 aromatic carbocycles.